The molecule has 1 heterocycles. The van der Waals surface area contributed by atoms with Gasteiger partial charge in [-0.3, -0.25) is 0 Å². The summed E-state index contributed by atoms with van der Waals surface area (Å²) in [4.78, 5) is 4.04. The first kappa shape index (κ1) is 10.3. The Bertz CT molecular complexity index is 348. The molecule has 2 nitrogen and oxygen atoms in total. The van der Waals surface area contributed by atoms with Crippen molar-refractivity contribution in [1.82, 2.24) is 4.98 Å². The van der Waals surface area contributed by atoms with Crippen LogP contribution in [0, 0.1) is 0 Å². The fourth-order valence-corrected chi connectivity index (χ4v) is 1.79. The van der Waals surface area contributed by atoms with Crippen molar-refractivity contribution in [2.24, 2.45) is 0 Å². The number of hydrogen-bond donors (Lipinski definition) is 1. The molecule has 0 aliphatic heterocycles. The van der Waals surface area contributed by atoms with Crippen LogP contribution in [-0.4, -0.2) is 10.5 Å². The molecule has 4 heteroatoms. The van der Waals surface area contributed by atoms with E-state index in [0.717, 1.165) is 12.8 Å². The lowest BCUT2D eigenvalue weighted by atomic mass is 9.78. The van der Waals surface area contributed by atoms with Crippen LogP contribution in [0.1, 0.15) is 38.2 Å². The van der Waals surface area contributed by atoms with Gasteiger partial charge >= 0.3 is 0 Å². The van der Waals surface area contributed by atoms with Gasteiger partial charge in [0.25, 0.3) is 6.43 Å². The Labute approximate surface area is 87.7 Å². The van der Waals surface area contributed by atoms with Crippen LogP contribution in [0.15, 0.2) is 18.3 Å². The van der Waals surface area contributed by atoms with Crippen molar-refractivity contribution in [3.8, 4) is 0 Å². The molecule has 1 aromatic rings. The molecular formula is C11H14F2N2. The van der Waals surface area contributed by atoms with Crippen molar-refractivity contribution in [3.05, 3.63) is 23.9 Å². The van der Waals surface area contributed by atoms with E-state index in [1.54, 1.807) is 0 Å². The van der Waals surface area contributed by atoms with Gasteiger partial charge in [0.1, 0.15) is 5.82 Å². The maximum Gasteiger partial charge on any atom is 0.264 e. The van der Waals surface area contributed by atoms with Crippen molar-refractivity contribution >= 4 is 5.82 Å². The lowest BCUT2D eigenvalue weighted by Crippen LogP contribution is -2.41. The van der Waals surface area contributed by atoms with Crippen molar-refractivity contribution in [3.63, 3.8) is 0 Å². The Balaban J connectivity index is 2.11. The first-order valence-corrected chi connectivity index (χ1v) is 5.11. The Kier molecular flexibility index (Phi) is 2.59. The molecule has 1 aliphatic rings. The first-order valence-electron chi connectivity index (χ1n) is 5.11. The van der Waals surface area contributed by atoms with Gasteiger partial charge in [-0.1, -0.05) is 0 Å². The van der Waals surface area contributed by atoms with E-state index in [2.05, 4.69) is 17.2 Å². The molecule has 2 rings (SSSR count). The highest BCUT2D eigenvalue weighted by molar-refractivity contribution is 5.41. The minimum atomic E-state index is -2.43. The maximum absolute atomic E-state index is 12.4. The quantitative estimate of drug-likeness (QED) is 0.830. The van der Waals surface area contributed by atoms with Crippen LogP contribution in [-0.2, 0) is 0 Å². The zero-order chi connectivity index (χ0) is 10.9. The SMILES string of the molecule is CC1(Nc2cc(C(F)F)ccn2)CCC1. The van der Waals surface area contributed by atoms with E-state index in [1.165, 1.54) is 24.8 Å². The van der Waals surface area contributed by atoms with Gasteiger partial charge in [0.05, 0.1) is 0 Å². The minimum absolute atomic E-state index is 0.0235. The predicted molar refractivity (Wildman–Crippen MR) is 55.1 cm³/mol. The second-order valence-electron chi connectivity index (χ2n) is 4.31. The summed E-state index contributed by atoms with van der Waals surface area (Å²) >= 11 is 0. The van der Waals surface area contributed by atoms with Gasteiger partial charge in [-0.25, -0.2) is 13.8 Å². The molecule has 0 unspecified atom stereocenters. The fraction of sp³-hybridized carbons (Fsp3) is 0.545. The molecule has 0 saturated heterocycles. The monoisotopic (exact) mass is 212 g/mol. The molecule has 0 radical (unpaired) electrons. The molecule has 0 bridgehead atoms. The molecule has 0 aromatic carbocycles. The molecule has 1 saturated carbocycles. The summed E-state index contributed by atoms with van der Waals surface area (Å²) < 4.78 is 24.8. The molecule has 1 N–H and O–H groups in total. The zero-order valence-electron chi connectivity index (χ0n) is 8.63. The first-order chi connectivity index (χ1) is 7.09. The molecule has 82 valence electrons. The highest BCUT2D eigenvalue weighted by Crippen LogP contribution is 2.34. The molecule has 1 aromatic heterocycles. The van der Waals surface area contributed by atoms with Gasteiger partial charge < -0.3 is 5.32 Å². The summed E-state index contributed by atoms with van der Waals surface area (Å²) in [5.41, 5.74) is 0.0729. The molecule has 0 spiro atoms. The van der Waals surface area contributed by atoms with Crippen LogP contribution in [0.2, 0.25) is 0 Å². The van der Waals surface area contributed by atoms with Crippen LogP contribution >= 0.6 is 0 Å². The largest absolute Gasteiger partial charge is 0.365 e. The smallest absolute Gasteiger partial charge is 0.264 e. The van der Waals surface area contributed by atoms with E-state index in [4.69, 9.17) is 0 Å². The van der Waals surface area contributed by atoms with Gasteiger partial charge in [-0.15, -0.1) is 0 Å². The molecular weight excluding hydrogens is 198 g/mol. The molecule has 0 atom stereocenters. The van der Waals surface area contributed by atoms with Gasteiger partial charge in [0, 0.05) is 17.3 Å². The lowest BCUT2D eigenvalue weighted by molar-refractivity contribution is 0.151. The number of hydrogen-bond acceptors (Lipinski definition) is 2. The van der Waals surface area contributed by atoms with Crippen LogP contribution in [0.3, 0.4) is 0 Å². The molecule has 1 aliphatic carbocycles. The fourth-order valence-electron chi connectivity index (χ4n) is 1.79. The van der Waals surface area contributed by atoms with E-state index in [0.29, 0.717) is 5.82 Å². The van der Waals surface area contributed by atoms with E-state index in [9.17, 15) is 8.78 Å². The summed E-state index contributed by atoms with van der Waals surface area (Å²) in [5, 5.41) is 3.21. The summed E-state index contributed by atoms with van der Waals surface area (Å²) in [6.45, 7) is 2.09. The van der Waals surface area contributed by atoms with Crippen LogP contribution in [0.5, 0.6) is 0 Å². The van der Waals surface area contributed by atoms with Gasteiger partial charge in [0.15, 0.2) is 0 Å². The number of nitrogens with zero attached hydrogens (tertiary/aromatic N) is 1. The van der Waals surface area contributed by atoms with E-state index in [1.807, 2.05) is 0 Å². The summed E-state index contributed by atoms with van der Waals surface area (Å²) in [7, 11) is 0. The second-order valence-corrected chi connectivity index (χ2v) is 4.31. The lowest BCUT2D eigenvalue weighted by Gasteiger charge is -2.39. The average Bonchev–Trinajstić information content (AvgIpc) is 2.16. The predicted octanol–water partition coefficient (Wildman–Crippen LogP) is 3.37. The third-order valence-corrected chi connectivity index (χ3v) is 2.92. The number of alkyl halides is 2. The number of anilines is 1. The van der Waals surface area contributed by atoms with Crippen LogP contribution < -0.4 is 5.32 Å². The van der Waals surface area contributed by atoms with Crippen molar-refractivity contribution in [2.75, 3.05) is 5.32 Å². The molecule has 15 heavy (non-hydrogen) atoms. The van der Waals surface area contributed by atoms with Crippen molar-refractivity contribution in [1.29, 1.82) is 0 Å². The third kappa shape index (κ3) is 2.25. The van der Waals surface area contributed by atoms with Gasteiger partial charge in [-0.05, 0) is 38.3 Å². The standard InChI is InChI=1S/C11H14F2N2/c1-11(4-2-5-11)15-9-7-8(10(12)13)3-6-14-9/h3,6-7,10H,2,4-5H2,1H3,(H,14,15). The Morgan fingerprint density at radius 2 is 2.20 bits per heavy atom. The second kappa shape index (κ2) is 3.76. The minimum Gasteiger partial charge on any atom is -0.365 e. The van der Waals surface area contributed by atoms with E-state index >= 15 is 0 Å². The highest BCUT2D eigenvalue weighted by Gasteiger charge is 2.31. The van der Waals surface area contributed by atoms with Crippen molar-refractivity contribution < 1.29 is 8.78 Å². The summed E-state index contributed by atoms with van der Waals surface area (Å²) in [5.74, 6) is 0.551. The topological polar surface area (TPSA) is 24.9 Å². The number of rotatable bonds is 3. The van der Waals surface area contributed by atoms with Crippen LogP contribution in [0.25, 0.3) is 0 Å². The van der Waals surface area contributed by atoms with Crippen LogP contribution in [0.4, 0.5) is 14.6 Å². The van der Waals surface area contributed by atoms with Gasteiger partial charge in [-0.2, -0.15) is 0 Å². The zero-order valence-corrected chi connectivity index (χ0v) is 8.63. The number of aromatic nitrogens is 1. The van der Waals surface area contributed by atoms with Crippen molar-refractivity contribution in [2.45, 2.75) is 38.2 Å². The molecule has 1 fully saturated rings. The maximum atomic E-state index is 12.4. The summed E-state index contributed by atoms with van der Waals surface area (Å²) in [6, 6.07) is 2.77. The van der Waals surface area contributed by atoms with E-state index < -0.39 is 6.43 Å². The Morgan fingerprint density at radius 3 is 2.73 bits per heavy atom. The Morgan fingerprint density at radius 1 is 1.47 bits per heavy atom. The third-order valence-electron chi connectivity index (χ3n) is 2.92. The number of nitrogens with one attached hydrogen (secondary N) is 1. The average molecular weight is 212 g/mol. The van der Waals surface area contributed by atoms with Gasteiger partial charge in [0.2, 0.25) is 0 Å². The highest BCUT2D eigenvalue weighted by atomic mass is 19.3. The molecule has 0 amide bonds. The van der Waals surface area contributed by atoms with E-state index in [-0.39, 0.29) is 11.1 Å². The number of pyridine rings is 1. The Hall–Kier alpha value is -1.19. The number of halogens is 2. The normalized spacial score (nSPS) is 18.7. The summed E-state index contributed by atoms with van der Waals surface area (Å²) in [6.07, 6.45) is 2.34.